The van der Waals surface area contributed by atoms with Crippen LogP contribution in [0.15, 0.2) is 18.9 Å². The van der Waals surface area contributed by atoms with Crippen molar-refractivity contribution in [3.05, 3.63) is 18.9 Å². The molecule has 9 heteroatoms. The third kappa shape index (κ3) is 5.13. The normalized spacial score (nSPS) is 12.6. The summed E-state index contributed by atoms with van der Waals surface area (Å²) >= 11 is 0. The number of carbonyl (C=O) groups excluding carboxylic acids is 2. The maximum atomic E-state index is 12.5. The van der Waals surface area contributed by atoms with Gasteiger partial charge in [-0.15, -0.1) is 0 Å². The number of esters is 1. The van der Waals surface area contributed by atoms with E-state index in [9.17, 15) is 9.59 Å². The largest absolute Gasteiger partial charge is 0.463 e. The number of rotatable bonds is 6. The maximum absolute atomic E-state index is 12.5. The van der Waals surface area contributed by atoms with Gasteiger partial charge in [0.2, 0.25) is 6.17 Å². The van der Waals surface area contributed by atoms with Crippen LogP contribution in [0.4, 0.5) is 4.79 Å². The molecule has 25 heavy (non-hydrogen) atoms. The Morgan fingerprint density at radius 3 is 2.76 bits per heavy atom. The lowest BCUT2D eigenvalue weighted by molar-refractivity contribution is -0.148. The number of carbonyl (C=O) groups is 2. The lowest BCUT2D eigenvalue weighted by Gasteiger charge is -2.23. The second-order valence-corrected chi connectivity index (χ2v) is 6.45. The van der Waals surface area contributed by atoms with Crippen molar-refractivity contribution in [2.75, 3.05) is 6.61 Å². The molecule has 1 unspecified atom stereocenters. The Morgan fingerprint density at radius 2 is 2.08 bits per heavy atom. The quantitative estimate of drug-likeness (QED) is 0.629. The molecule has 0 aromatic carbocycles. The van der Waals surface area contributed by atoms with Crippen LogP contribution in [-0.2, 0) is 14.3 Å². The summed E-state index contributed by atoms with van der Waals surface area (Å²) < 4.78 is 11.9. The molecule has 2 heterocycles. The maximum Gasteiger partial charge on any atom is 0.409 e. The van der Waals surface area contributed by atoms with Gasteiger partial charge in [-0.1, -0.05) is 13.3 Å². The van der Waals surface area contributed by atoms with Crippen LogP contribution >= 0.6 is 0 Å². The van der Waals surface area contributed by atoms with Gasteiger partial charge in [0.25, 0.3) is 0 Å². The number of alkyl carbamates (subject to hydrolysis) is 1. The molecule has 0 spiro atoms. The highest BCUT2D eigenvalue weighted by Crippen LogP contribution is 2.16. The second-order valence-electron chi connectivity index (χ2n) is 6.45. The van der Waals surface area contributed by atoms with E-state index in [1.165, 1.54) is 23.4 Å². The Hall–Kier alpha value is -2.71. The monoisotopic (exact) mass is 349 g/mol. The number of amides is 1. The van der Waals surface area contributed by atoms with Crippen LogP contribution in [0.2, 0.25) is 0 Å². The van der Waals surface area contributed by atoms with Crippen LogP contribution in [0.3, 0.4) is 0 Å². The van der Waals surface area contributed by atoms with Crippen LogP contribution in [0.1, 0.15) is 46.7 Å². The second kappa shape index (κ2) is 7.91. The van der Waals surface area contributed by atoms with Gasteiger partial charge < -0.3 is 9.47 Å². The summed E-state index contributed by atoms with van der Waals surface area (Å²) in [5.41, 5.74) is 0.211. The minimum Gasteiger partial charge on any atom is -0.463 e. The number of nitrogens with one attached hydrogen (secondary N) is 1. The lowest BCUT2D eigenvalue weighted by atomic mass is 10.2. The van der Waals surface area contributed by atoms with E-state index in [0.717, 1.165) is 12.8 Å². The van der Waals surface area contributed by atoms with E-state index in [2.05, 4.69) is 20.3 Å². The van der Waals surface area contributed by atoms with Gasteiger partial charge in [-0.2, -0.15) is 0 Å². The van der Waals surface area contributed by atoms with E-state index >= 15 is 0 Å². The van der Waals surface area contributed by atoms with Gasteiger partial charge in [0.15, 0.2) is 5.65 Å². The summed E-state index contributed by atoms with van der Waals surface area (Å²) in [6.07, 6.45) is 4.02. The van der Waals surface area contributed by atoms with Crippen molar-refractivity contribution in [2.45, 2.75) is 52.3 Å². The van der Waals surface area contributed by atoms with Crippen LogP contribution in [0.25, 0.3) is 11.2 Å². The summed E-state index contributed by atoms with van der Waals surface area (Å²) in [5.74, 6) is -0.614. The van der Waals surface area contributed by atoms with Gasteiger partial charge in [-0.05, 0) is 27.2 Å². The molecule has 0 fully saturated rings. The lowest BCUT2D eigenvalue weighted by Crippen LogP contribution is -2.41. The zero-order valence-corrected chi connectivity index (χ0v) is 14.9. The number of hydrogen-bond donors (Lipinski definition) is 1. The molecule has 0 aliphatic heterocycles. The van der Waals surface area contributed by atoms with Crippen molar-refractivity contribution in [2.24, 2.45) is 0 Å². The highest BCUT2D eigenvalue weighted by Gasteiger charge is 2.28. The van der Waals surface area contributed by atoms with Crippen molar-refractivity contribution in [1.29, 1.82) is 0 Å². The van der Waals surface area contributed by atoms with Gasteiger partial charge in [-0.3, -0.25) is 9.88 Å². The van der Waals surface area contributed by atoms with Crippen molar-refractivity contribution in [1.82, 2.24) is 24.8 Å². The summed E-state index contributed by atoms with van der Waals surface area (Å²) in [6, 6.07) is 0. The molecule has 0 aliphatic rings. The SMILES string of the molecule is CCCCOC(=O)C(NC(=O)OC(C)(C)C)n1cnc2cncnc21. The molecule has 0 bridgehead atoms. The molecule has 1 N–H and O–H groups in total. The first-order valence-corrected chi connectivity index (χ1v) is 8.10. The number of aromatic nitrogens is 4. The van der Waals surface area contributed by atoms with Crippen LogP contribution in [0, 0.1) is 0 Å². The Bertz CT molecular complexity index is 737. The molecule has 0 saturated heterocycles. The summed E-state index contributed by atoms with van der Waals surface area (Å²) in [7, 11) is 0. The van der Waals surface area contributed by atoms with Crippen molar-refractivity contribution >= 4 is 23.2 Å². The Balaban J connectivity index is 2.25. The van der Waals surface area contributed by atoms with Gasteiger partial charge >= 0.3 is 12.1 Å². The van der Waals surface area contributed by atoms with E-state index in [1.807, 2.05) is 6.92 Å². The van der Waals surface area contributed by atoms with Gasteiger partial charge in [0.05, 0.1) is 19.1 Å². The van der Waals surface area contributed by atoms with Gasteiger partial charge in [-0.25, -0.2) is 24.5 Å². The first kappa shape index (κ1) is 18.6. The average molecular weight is 349 g/mol. The number of nitrogens with zero attached hydrogens (tertiary/aromatic N) is 4. The van der Waals surface area contributed by atoms with E-state index in [1.54, 1.807) is 20.8 Å². The summed E-state index contributed by atoms with van der Waals surface area (Å²) in [4.78, 5) is 36.7. The molecule has 1 atom stereocenters. The zero-order chi connectivity index (χ0) is 18.4. The first-order chi connectivity index (χ1) is 11.8. The molecular formula is C16H23N5O4. The summed E-state index contributed by atoms with van der Waals surface area (Å²) in [6.45, 7) is 7.47. The first-order valence-electron chi connectivity index (χ1n) is 8.10. The van der Waals surface area contributed by atoms with Crippen molar-refractivity contribution < 1.29 is 19.1 Å². The van der Waals surface area contributed by atoms with E-state index in [-0.39, 0.29) is 6.61 Å². The summed E-state index contributed by atoms with van der Waals surface area (Å²) in [5, 5.41) is 2.52. The highest BCUT2D eigenvalue weighted by atomic mass is 16.6. The molecule has 2 rings (SSSR count). The fourth-order valence-electron chi connectivity index (χ4n) is 2.03. The fraction of sp³-hybridized carbons (Fsp3) is 0.562. The molecular weight excluding hydrogens is 326 g/mol. The van der Waals surface area contributed by atoms with Crippen LogP contribution in [0.5, 0.6) is 0 Å². The molecule has 9 nitrogen and oxygen atoms in total. The number of imidazole rings is 1. The molecule has 2 aromatic heterocycles. The topological polar surface area (TPSA) is 108 Å². The predicted octanol–water partition coefficient (Wildman–Crippen LogP) is 2.19. The van der Waals surface area contributed by atoms with Crippen molar-refractivity contribution in [3.8, 4) is 0 Å². The average Bonchev–Trinajstić information content (AvgIpc) is 2.95. The van der Waals surface area contributed by atoms with E-state index in [4.69, 9.17) is 9.47 Å². The molecule has 136 valence electrons. The van der Waals surface area contributed by atoms with Crippen LogP contribution < -0.4 is 5.32 Å². The van der Waals surface area contributed by atoms with E-state index < -0.39 is 23.8 Å². The fourth-order valence-corrected chi connectivity index (χ4v) is 2.03. The molecule has 0 aliphatic carbocycles. The number of ether oxygens (including phenoxy) is 2. The number of unbranched alkanes of at least 4 members (excludes halogenated alkanes) is 1. The van der Waals surface area contributed by atoms with Crippen molar-refractivity contribution in [3.63, 3.8) is 0 Å². The number of fused-ring (bicyclic) bond motifs is 1. The Morgan fingerprint density at radius 1 is 1.32 bits per heavy atom. The molecule has 2 aromatic rings. The molecule has 0 saturated carbocycles. The standard InChI is InChI=1S/C16H23N5O4/c1-5-6-7-24-14(22)13(20-15(23)25-16(2,3)4)21-10-19-11-8-17-9-18-12(11)21/h8-10,13H,5-7H2,1-4H3,(H,20,23). The molecule has 1 amide bonds. The Labute approximate surface area is 145 Å². The highest BCUT2D eigenvalue weighted by molar-refractivity contribution is 5.82. The van der Waals surface area contributed by atoms with E-state index in [0.29, 0.717) is 11.2 Å². The van der Waals surface area contributed by atoms with Crippen LogP contribution in [-0.4, -0.2) is 43.8 Å². The smallest absolute Gasteiger partial charge is 0.409 e. The van der Waals surface area contributed by atoms with Gasteiger partial charge in [0, 0.05) is 0 Å². The Kier molecular flexibility index (Phi) is 5.89. The minimum absolute atomic E-state index is 0.267. The number of hydrogen-bond acceptors (Lipinski definition) is 7. The predicted molar refractivity (Wildman–Crippen MR) is 89.6 cm³/mol. The minimum atomic E-state index is -1.13. The zero-order valence-electron chi connectivity index (χ0n) is 14.9. The third-order valence-corrected chi connectivity index (χ3v) is 3.14. The third-order valence-electron chi connectivity index (χ3n) is 3.14. The van der Waals surface area contributed by atoms with Gasteiger partial charge in [0.1, 0.15) is 17.4 Å². The molecule has 0 radical (unpaired) electrons.